The third-order valence-electron chi connectivity index (χ3n) is 4.02. The summed E-state index contributed by atoms with van der Waals surface area (Å²) in [6, 6.07) is 3.56. The molecule has 0 aliphatic heterocycles. The molecule has 4 heteroatoms. The van der Waals surface area contributed by atoms with Gasteiger partial charge in [0.05, 0.1) is 14.2 Å². The third kappa shape index (κ3) is 2.54. The molecule has 0 bridgehead atoms. The Morgan fingerprint density at radius 3 is 2.16 bits per heavy atom. The van der Waals surface area contributed by atoms with E-state index in [1.807, 2.05) is 6.07 Å². The molecule has 1 atom stereocenters. The Kier molecular flexibility index (Phi) is 3.99. The fraction of sp³-hybridized carbons (Fsp3) is 0.600. The van der Waals surface area contributed by atoms with E-state index in [1.165, 1.54) is 6.92 Å². The van der Waals surface area contributed by atoms with Crippen molar-refractivity contribution in [3.05, 3.63) is 23.3 Å². The van der Waals surface area contributed by atoms with Crippen molar-refractivity contribution in [1.82, 2.24) is 0 Å². The van der Waals surface area contributed by atoms with Gasteiger partial charge in [-0.3, -0.25) is 0 Å². The first-order chi connectivity index (χ1) is 9.01. The lowest BCUT2D eigenvalue weighted by Crippen LogP contribution is -2.34. The van der Waals surface area contributed by atoms with E-state index in [0.29, 0.717) is 17.1 Å². The summed E-state index contributed by atoms with van der Waals surface area (Å²) in [4.78, 5) is 0. The van der Waals surface area contributed by atoms with Gasteiger partial charge in [0.2, 0.25) is 0 Å². The standard InChI is InChI=1S/C15H22FNO2/c1-10(16)11-8-13(18-2)14(19-3)9-12(11)15(17)6-4-5-7-15/h8-10H,4-7,17H2,1-3H3. The molecule has 0 saturated heterocycles. The lowest BCUT2D eigenvalue weighted by atomic mass is 9.84. The van der Waals surface area contributed by atoms with E-state index in [4.69, 9.17) is 15.2 Å². The van der Waals surface area contributed by atoms with Crippen LogP contribution in [-0.2, 0) is 5.54 Å². The van der Waals surface area contributed by atoms with E-state index in [-0.39, 0.29) is 0 Å². The molecule has 106 valence electrons. The summed E-state index contributed by atoms with van der Waals surface area (Å²) in [5.74, 6) is 1.16. The topological polar surface area (TPSA) is 44.5 Å². The van der Waals surface area contributed by atoms with Crippen LogP contribution in [0, 0.1) is 0 Å². The number of methoxy groups -OCH3 is 2. The number of halogens is 1. The zero-order valence-electron chi connectivity index (χ0n) is 11.8. The first-order valence-corrected chi connectivity index (χ1v) is 6.71. The van der Waals surface area contributed by atoms with Crippen molar-refractivity contribution in [1.29, 1.82) is 0 Å². The average Bonchev–Trinajstić information content (AvgIpc) is 2.85. The molecule has 2 rings (SSSR count). The minimum absolute atomic E-state index is 0.435. The molecule has 0 radical (unpaired) electrons. The van der Waals surface area contributed by atoms with Crippen LogP contribution in [0.1, 0.15) is 49.9 Å². The molecule has 1 aromatic carbocycles. The Morgan fingerprint density at radius 1 is 1.16 bits per heavy atom. The summed E-state index contributed by atoms with van der Waals surface area (Å²) in [6.07, 6.45) is 2.89. The highest BCUT2D eigenvalue weighted by Gasteiger charge is 2.35. The molecule has 0 spiro atoms. The van der Waals surface area contributed by atoms with E-state index in [2.05, 4.69) is 0 Å². The largest absolute Gasteiger partial charge is 0.493 e. The van der Waals surface area contributed by atoms with Gasteiger partial charge in [-0.1, -0.05) is 12.8 Å². The van der Waals surface area contributed by atoms with Crippen molar-refractivity contribution >= 4 is 0 Å². The maximum absolute atomic E-state index is 13.9. The molecule has 0 aromatic heterocycles. The number of nitrogens with two attached hydrogens (primary N) is 1. The molecule has 19 heavy (non-hydrogen) atoms. The van der Waals surface area contributed by atoms with Crippen LogP contribution >= 0.6 is 0 Å². The summed E-state index contributed by atoms with van der Waals surface area (Å²) in [5, 5.41) is 0. The van der Waals surface area contributed by atoms with E-state index >= 15 is 0 Å². The molecule has 1 aliphatic carbocycles. The molecule has 1 fully saturated rings. The predicted octanol–water partition coefficient (Wildman–Crippen LogP) is 3.46. The Morgan fingerprint density at radius 2 is 1.68 bits per heavy atom. The minimum atomic E-state index is -1.07. The molecular weight excluding hydrogens is 245 g/mol. The van der Waals surface area contributed by atoms with Gasteiger partial charge in [-0.05, 0) is 43.0 Å². The van der Waals surface area contributed by atoms with Gasteiger partial charge in [-0.15, -0.1) is 0 Å². The van der Waals surface area contributed by atoms with Gasteiger partial charge in [-0.2, -0.15) is 0 Å². The number of alkyl halides is 1. The van der Waals surface area contributed by atoms with Crippen LogP contribution in [0.25, 0.3) is 0 Å². The van der Waals surface area contributed by atoms with Crippen LogP contribution in [0.4, 0.5) is 4.39 Å². The zero-order chi connectivity index (χ0) is 14.0. The molecular formula is C15H22FNO2. The molecule has 0 heterocycles. The number of hydrogen-bond acceptors (Lipinski definition) is 3. The molecule has 1 aliphatic rings. The van der Waals surface area contributed by atoms with Gasteiger partial charge in [0.25, 0.3) is 0 Å². The Balaban J connectivity index is 2.57. The molecule has 0 amide bonds. The van der Waals surface area contributed by atoms with Crippen LogP contribution < -0.4 is 15.2 Å². The SMILES string of the molecule is COc1cc(C(C)F)c(C2(N)CCCC2)cc1OC. The normalized spacial score (nSPS) is 19.2. The number of ether oxygens (including phenoxy) is 2. The van der Waals surface area contributed by atoms with E-state index in [9.17, 15) is 4.39 Å². The second kappa shape index (κ2) is 5.37. The van der Waals surface area contributed by atoms with Crippen LogP contribution in [-0.4, -0.2) is 14.2 Å². The first-order valence-electron chi connectivity index (χ1n) is 6.71. The molecule has 2 N–H and O–H groups in total. The van der Waals surface area contributed by atoms with Crippen LogP contribution in [0.5, 0.6) is 11.5 Å². The van der Waals surface area contributed by atoms with Crippen LogP contribution in [0.2, 0.25) is 0 Å². The van der Waals surface area contributed by atoms with Crippen molar-refractivity contribution < 1.29 is 13.9 Å². The van der Waals surface area contributed by atoms with Crippen molar-refractivity contribution in [3.8, 4) is 11.5 Å². The highest BCUT2D eigenvalue weighted by molar-refractivity contribution is 5.50. The Labute approximate surface area is 113 Å². The van der Waals surface area contributed by atoms with E-state index in [1.54, 1.807) is 20.3 Å². The number of rotatable bonds is 4. The molecule has 1 unspecified atom stereocenters. The predicted molar refractivity (Wildman–Crippen MR) is 73.4 cm³/mol. The number of hydrogen-bond donors (Lipinski definition) is 1. The summed E-state index contributed by atoms with van der Waals surface area (Å²) in [7, 11) is 3.13. The van der Waals surface area contributed by atoms with Gasteiger partial charge < -0.3 is 15.2 Å². The Bertz CT molecular complexity index is 454. The number of benzene rings is 1. The van der Waals surface area contributed by atoms with Crippen LogP contribution in [0.15, 0.2) is 12.1 Å². The summed E-state index contributed by atoms with van der Waals surface area (Å²) in [5.41, 5.74) is 7.51. The minimum Gasteiger partial charge on any atom is -0.493 e. The van der Waals surface area contributed by atoms with Crippen molar-refractivity contribution in [3.63, 3.8) is 0 Å². The Hall–Kier alpha value is -1.29. The van der Waals surface area contributed by atoms with Crippen molar-refractivity contribution in [2.75, 3.05) is 14.2 Å². The lowest BCUT2D eigenvalue weighted by molar-refractivity contribution is 0.337. The van der Waals surface area contributed by atoms with Gasteiger partial charge in [-0.25, -0.2) is 4.39 Å². The van der Waals surface area contributed by atoms with Gasteiger partial charge in [0.1, 0.15) is 6.17 Å². The third-order valence-corrected chi connectivity index (χ3v) is 4.02. The second-order valence-corrected chi connectivity index (χ2v) is 5.27. The summed E-state index contributed by atoms with van der Waals surface area (Å²) in [6.45, 7) is 1.53. The monoisotopic (exact) mass is 267 g/mol. The van der Waals surface area contributed by atoms with Crippen LogP contribution in [0.3, 0.4) is 0 Å². The van der Waals surface area contributed by atoms with Gasteiger partial charge in [0, 0.05) is 5.54 Å². The molecule has 1 aromatic rings. The zero-order valence-corrected chi connectivity index (χ0v) is 11.8. The molecule has 3 nitrogen and oxygen atoms in total. The second-order valence-electron chi connectivity index (χ2n) is 5.27. The van der Waals surface area contributed by atoms with Gasteiger partial charge >= 0.3 is 0 Å². The smallest absolute Gasteiger partial charge is 0.161 e. The maximum Gasteiger partial charge on any atom is 0.161 e. The van der Waals surface area contributed by atoms with E-state index < -0.39 is 11.7 Å². The summed E-state index contributed by atoms with van der Waals surface area (Å²) >= 11 is 0. The summed E-state index contributed by atoms with van der Waals surface area (Å²) < 4.78 is 24.5. The average molecular weight is 267 g/mol. The van der Waals surface area contributed by atoms with Gasteiger partial charge in [0.15, 0.2) is 11.5 Å². The highest BCUT2D eigenvalue weighted by atomic mass is 19.1. The molecule has 1 saturated carbocycles. The van der Waals surface area contributed by atoms with Crippen molar-refractivity contribution in [2.24, 2.45) is 5.73 Å². The fourth-order valence-electron chi connectivity index (χ4n) is 2.93. The quantitative estimate of drug-likeness (QED) is 0.908. The fourth-order valence-corrected chi connectivity index (χ4v) is 2.93. The van der Waals surface area contributed by atoms with Crippen molar-refractivity contribution in [2.45, 2.75) is 44.3 Å². The lowest BCUT2D eigenvalue weighted by Gasteiger charge is -2.28. The first kappa shape index (κ1) is 14.1. The maximum atomic E-state index is 13.9. The van der Waals surface area contributed by atoms with E-state index in [0.717, 1.165) is 31.2 Å². The highest BCUT2D eigenvalue weighted by Crippen LogP contribution is 2.44.